The lowest BCUT2D eigenvalue weighted by Gasteiger charge is -2.18. The van der Waals surface area contributed by atoms with Gasteiger partial charge in [-0.25, -0.2) is 8.42 Å². The van der Waals surface area contributed by atoms with Crippen molar-refractivity contribution < 1.29 is 12.9 Å². The van der Waals surface area contributed by atoms with Gasteiger partial charge in [0.2, 0.25) is 10.0 Å². The third kappa shape index (κ3) is 2.56. The van der Waals surface area contributed by atoms with Crippen molar-refractivity contribution >= 4 is 21.4 Å². The van der Waals surface area contributed by atoms with Crippen molar-refractivity contribution in [2.75, 3.05) is 13.1 Å². The van der Waals surface area contributed by atoms with Crippen molar-refractivity contribution in [2.45, 2.75) is 24.7 Å². The fraction of sp³-hybridized carbons (Fsp3) is 0.438. The Labute approximate surface area is 139 Å². The van der Waals surface area contributed by atoms with E-state index in [1.54, 1.807) is 22.6 Å². The Morgan fingerprint density at radius 2 is 1.96 bits per heavy atom. The smallest absolute Gasteiger partial charge is 0.244 e. The van der Waals surface area contributed by atoms with Crippen LogP contribution in [-0.4, -0.2) is 31.0 Å². The van der Waals surface area contributed by atoms with Crippen LogP contribution in [0.25, 0.3) is 10.6 Å². The molecule has 0 N–H and O–H groups in total. The fourth-order valence-corrected chi connectivity index (χ4v) is 6.56. The molecule has 0 unspecified atom stereocenters. The Kier molecular flexibility index (Phi) is 3.66. The molecule has 0 saturated carbocycles. The highest BCUT2D eigenvalue weighted by molar-refractivity contribution is 7.89. The quantitative estimate of drug-likeness (QED) is 0.797. The van der Waals surface area contributed by atoms with Crippen molar-refractivity contribution in [1.29, 1.82) is 0 Å². The van der Waals surface area contributed by atoms with E-state index in [1.807, 2.05) is 6.92 Å². The number of nitrogens with zero attached hydrogens (tertiary/aromatic N) is 2. The summed E-state index contributed by atoms with van der Waals surface area (Å²) in [5, 5.41) is 3.69. The summed E-state index contributed by atoms with van der Waals surface area (Å²) in [6.45, 7) is 3.11. The minimum absolute atomic E-state index is 0.403. The molecule has 2 aromatic rings. The summed E-state index contributed by atoms with van der Waals surface area (Å²) in [4.78, 5) is 2.00. The monoisotopic (exact) mass is 350 g/mol. The standard InChI is InChI=1S/C16H18N2O3S2/c1-11-16(8-15(22-11)14-6-7-17-21-14)23(19,20)18-9-12-4-2-3-5-13(12)10-18/h2-3,6-8,12-13H,4-5,9-10H2,1H3/t12-,13+. The van der Waals surface area contributed by atoms with Crippen LogP contribution in [0.2, 0.25) is 0 Å². The molecule has 7 heteroatoms. The van der Waals surface area contributed by atoms with Gasteiger partial charge in [0.15, 0.2) is 5.76 Å². The Hall–Kier alpha value is -1.44. The summed E-state index contributed by atoms with van der Waals surface area (Å²) in [6.07, 6.45) is 7.90. The van der Waals surface area contributed by atoms with Gasteiger partial charge in [-0.05, 0) is 37.7 Å². The molecule has 4 rings (SSSR count). The summed E-state index contributed by atoms with van der Waals surface area (Å²) in [5.41, 5.74) is 0. The van der Waals surface area contributed by atoms with Crippen LogP contribution in [0.3, 0.4) is 0 Å². The lowest BCUT2D eigenvalue weighted by atomic mass is 9.86. The molecule has 0 spiro atoms. The average molecular weight is 350 g/mol. The van der Waals surface area contributed by atoms with Crippen LogP contribution in [0.5, 0.6) is 0 Å². The largest absolute Gasteiger partial charge is 0.355 e. The number of thiophene rings is 1. The first-order chi connectivity index (χ1) is 11.1. The molecule has 5 nitrogen and oxygen atoms in total. The number of rotatable bonds is 3. The molecule has 122 valence electrons. The zero-order valence-corrected chi connectivity index (χ0v) is 14.4. The van der Waals surface area contributed by atoms with Gasteiger partial charge in [-0.1, -0.05) is 17.3 Å². The molecule has 0 amide bonds. The molecule has 3 heterocycles. The molecule has 0 radical (unpaired) electrons. The van der Waals surface area contributed by atoms with Crippen molar-refractivity contribution in [3.05, 3.63) is 35.4 Å². The fourth-order valence-electron chi connectivity index (χ4n) is 3.49. The van der Waals surface area contributed by atoms with E-state index >= 15 is 0 Å². The van der Waals surface area contributed by atoms with Gasteiger partial charge in [-0.2, -0.15) is 4.31 Å². The zero-order chi connectivity index (χ0) is 16.0. The molecule has 1 saturated heterocycles. The number of sulfonamides is 1. The maximum absolute atomic E-state index is 13.0. The van der Waals surface area contributed by atoms with Crippen LogP contribution in [0, 0.1) is 18.8 Å². The van der Waals surface area contributed by atoms with Crippen molar-refractivity contribution in [3.63, 3.8) is 0 Å². The highest BCUT2D eigenvalue weighted by atomic mass is 32.2. The van der Waals surface area contributed by atoms with Gasteiger partial charge in [0.1, 0.15) is 0 Å². The molecular formula is C16H18N2O3S2. The first-order valence-electron chi connectivity index (χ1n) is 7.72. The number of allylic oxidation sites excluding steroid dienone is 2. The van der Waals surface area contributed by atoms with Crippen LogP contribution in [0.1, 0.15) is 17.7 Å². The van der Waals surface area contributed by atoms with Crippen molar-refractivity contribution in [2.24, 2.45) is 11.8 Å². The Balaban J connectivity index is 1.65. The lowest BCUT2D eigenvalue weighted by Crippen LogP contribution is -2.29. The summed E-state index contributed by atoms with van der Waals surface area (Å²) >= 11 is 1.43. The maximum atomic E-state index is 13.0. The van der Waals surface area contributed by atoms with E-state index in [0.29, 0.717) is 35.6 Å². The molecule has 2 aromatic heterocycles. The highest BCUT2D eigenvalue weighted by Gasteiger charge is 2.40. The Morgan fingerprint density at radius 3 is 2.57 bits per heavy atom. The second-order valence-corrected chi connectivity index (χ2v) is 9.36. The third-order valence-corrected chi connectivity index (χ3v) is 7.91. The molecule has 1 aliphatic heterocycles. The van der Waals surface area contributed by atoms with E-state index in [4.69, 9.17) is 4.52 Å². The van der Waals surface area contributed by atoms with Gasteiger partial charge >= 0.3 is 0 Å². The topological polar surface area (TPSA) is 63.4 Å². The van der Waals surface area contributed by atoms with E-state index in [0.717, 1.165) is 22.6 Å². The van der Waals surface area contributed by atoms with Gasteiger partial charge < -0.3 is 4.52 Å². The summed E-state index contributed by atoms with van der Waals surface area (Å²) in [6, 6.07) is 3.47. The van der Waals surface area contributed by atoms with Crippen LogP contribution in [0.4, 0.5) is 0 Å². The van der Waals surface area contributed by atoms with E-state index in [1.165, 1.54) is 11.3 Å². The number of hydrogen-bond donors (Lipinski definition) is 0. The first kappa shape index (κ1) is 15.1. The van der Waals surface area contributed by atoms with Crippen LogP contribution >= 0.6 is 11.3 Å². The van der Waals surface area contributed by atoms with E-state index in [2.05, 4.69) is 17.3 Å². The summed E-state index contributed by atoms with van der Waals surface area (Å²) in [5.74, 6) is 1.53. The minimum Gasteiger partial charge on any atom is -0.355 e. The zero-order valence-electron chi connectivity index (χ0n) is 12.8. The molecule has 23 heavy (non-hydrogen) atoms. The predicted octanol–water partition coefficient (Wildman–Crippen LogP) is 3.30. The number of fused-ring (bicyclic) bond motifs is 1. The Morgan fingerprint density at radius 1 is 1.26 bits per heavy atom. The third-order valence-electron chi connectivity index (χ3n) is 4.76. The molecule has 1 fully saturated rings. The first-order valence-corrected chi connectivity index (χ1v) is 9.98. The molecule has 2 atom stereocenters. The second-order valence-electron chi connectivity index (χ2n) is 6.19. The van der Waals surface area contributed by atoms with Crippen molar-refractivity contribution in [1.82, 2.24) is 9.46 Å². The average Bonchev–Trinajstić information content (AvgIpc) is 3.25. The van der Waals surface area contributed by atoms with Crippen LogP contribution < -0.4 is 0 Å². The second kappa shape index (κ2) is 5.58. The molecule has 0 aromatic carbocycles. The van der Waals surface area contributed by atoms with E-state index < -0.39 is 10.0 Å². The predicted molar refractivity (Wildman–Crippen MR) is 88.7 cm³/mol. The summed E-state index contributed by atoms with van der Waals surface area (Å²) in [7, 11) is -3.44. The number of aryl methyl sites for hydroxylation is 1. The van der Waals surface area contributed by atoms with Crippen molar-refractivity contribution in [3.8, 4) is 10.6 Å². The van der Waals surface area contributed by atoms with Gasteiger partial charge in [0.05, 0.1) is 16.0 Å². The summed E-state index contributed by atoms with van der Waals surface area (Å²) < 4.78 is 32.9. The minimum atomic E-state index is -3.44. The number of aromatic nitrogens is 1. The SMILES string of the molecule is Cc1sc(-c2ccno2)cc1S(=O)(=O)N1C[C@H]2CC=CC[C@H]2C1. The molecule has 1 aliphatic carbocycles. The van der Waals surface area contributed by atoms with E-state index in [9.17, 15) is 8.42 Å². The maximum Gasteiger partial charge on any atom is 0.244 e. The van der Waals surface area contributed by atoms with E-state index in [-0.39, 0.29) is 0 Å². The van der Waals surface area contributed by atoms with Gasteiger partial charge in [-0.15, -0.1) is 11.3 Å². The Bertz CT molecular complexity index is 821. The number of hydrogen-bond acceptors (Lipinski definition) is 5. The van der Waals surface area contributed by atoms with Crippen LogP contribution in [0.15, 0.2) is 39.9 Å². The van der Waals surface area contributed by atoms with Crippen LogP contribution in [-0.2, 0) is 10.0 Å². The lowest BCUT2D eigenvalue weighted by molar-refractivity contribution is 0.411. The van der Waals surface area contributed by atoms with Gasteiger partial charge in [0, 0.05) is 24.0 Å². The molecular weight excluding hydrogens is 332 g/mol. The normalized spacial score (nSPS) is 24.9. The highest BCUT2D eigenvalue weighted by Crippen LogP contribution is 2.39. The van der Waals surface area contributed by atoms with Gasteiger partial charge in [-0.3, -0.25) is 0 Å². The molecule has 0 bridgehead atoms. The molecule has 2 aliphatic rings. The van der Waals surface area contributed by atoms with Gasteiger partial charge in [0.25, 0.3) is 0 Å².